The molecule has 2 heteroatoms. The zero-order chi connectivity index (χ0) is 12.8. The summed E-state index contributed by atoms with van der Waals surface area (Å²) in [6.45, 7) is 3.87. The molecule has 0 atom stereocenters. The number of hydrogen-bond donors (Lipinski definition) is 1. The van der Waals surface area contributed by atoms with E-state index in [1.807, 2.05) is 0 Å². The quantitative estimate of drug-likeness (QED) is 0.841. The highest BCUT2D eigenvalue weighted by Crippen LogP contribution is 2.55. The zero-order valence-corrected chi connectivity index (χ0v) is 12.5. The van der Waals surface area contributed by atoms with Crippen molar-refractivity contribution in [3.63, 3.8) is 0 Å². The summed E-state index contributed by atoms with van der Waals surface area (Å²) in [5.41, 5.74) is 0. The van der Waals surface area contributed by atoms with E-state index in [1.54, 1.807) is 32.1 Å². The molecule has 4 aliphatic carbocycles. The molecule has 1 aliphatic heterocycles. The average Bonchev–Trinajstić information content (AvgIpc) is 2.38. The van der Waals surface area contributed by atoms with Gasteiger partial charge in [0.05, 0.1) is 0 Å². The highest BCUT2D eigenvalue weighted by atomic mass is 15.1. The minimum atomic E-state index is 0.947. The Balaban J connectivity index is 1.40. The van der Waals surface area contributed by atoms with Crippen LogP contribution < -0.4 is 5.32 Å². The summed E-state index contributed by atoms with van der Waals surface area (Å²) in [6, 6.07) is 0.947. The summed E-state index contributed by atoms with van der Waals surface area (Å²) in [5.74, 6) is 5.31. The summed E-state index contributed by atoms with van der Waals surface area (Å²) in [4.78, 5) is 2.79. The Morgan fingerprint density at radius 3 is 2.05 bits per heavy atom. The van der Waals surface area contributed by atoms with E-state index in [2.05, 4.69) is 17.3 Å². The lowest BCUT2D eigenvalue weighted by molar-refractivity contribution is -0.0616. The van der Waals surface area contributed by atoms with Crippen LogP contribution in [0.4, 0.5) is 0 Å². The van der Waals surface area contributed by atoms with Crippen LogP contribution in [-0.4, -0.2) is 37.6 Å². The molecule has 5 aliphatic rings. The molecule has 5 fully saturated rings. The SMILES string of the molecule is CN(CC1CCNCC1)C1C2CC3CC(C2)CC1C3. The standard InChI is InChI=1S/C17H30N2/c1-19(11-12-2-4-18-5-3-12)17-15-7-13-6-14(9-15)10-16(17)8-13/h12-18H,2-11H2,1H3. The molecule has 0 amide bonds. The second kappa shape index (κ2) is 5.04. The lowest BCUT2D eigenvalue weighted by Gasteiger charge is -2.57. The van der Waals surface area contributed by atoms with Crippen molar-refractivity contribution >= 4 is 0 Å². The number of rotatable bonds is 3. The van der Waals surface area contributed by atoms with Gasteiger partial charge in [-0.2, -0.15) is 0 Å². The van der Waals surface area contributed by atoms with Crippen molar-refractivity contribution in [2.75, 3.05) is 26.7 Å². The van der Waals surface area contributed by atoms with Crippen LogP contribution in [0.3, 0.4) is 0 Å². The Bertz CT molecular complexity index is 293. The van der Waals surface area contributed by atoms with Gasteiger partial charge in [-0.3, -0.25) is 0 Å². The Hall–Kier alpha value is -0.0800. The van der Waals surface area contributed by atoms with Crippen molar-refractivity contribution in [3.05, 3.63) is 0 Å². The molecule has 1 heterocycles. The van der Waals surface area contributed by atoms with E-state index < -0.39 is 0 Å². The summed E-state index contributed by atoms with van der Waals surface area (Å²) in [7, 11) is 2.44. The smallest absolute Gasteiger partial charge is 0.0149 e. The van der Waals surface area contributed by atoms with Crippen molar-refractivity contribution in [1.29, 1.82) is 0 Å². The fraction of sp³-hybridized carbons (Fsp3) is 1.00. The predicted molar refractivity (Wildman–Crippen MR) is 79.1 cm³/mol. The predicted octanol–water partition coefficient (Wildman–Crippen LogP) is 2.74. The molecule has 1 saturated heterocycles. The minimum absolute atomic E-state index is 0.947. The van der Waals surface area contributed by atoms with Crippen molar-refractivity contribution < 1.29 is 0 Å². The second-order valence-corrected chi connectivity index (χ2v) is 8.05. The maximum absolute atomic E-state index is 3.50. The molecule has 0 aromatic heterocycles. The van der Waals surface area contributed by atoms with E-state index in [9.17, 15) is 0 Å². The molecule has 0 aromatic rings. The Kier molecular flexibility index (Phi) is 3.35. The van der Waals surface area contributed by atoms with E-state index in [4.69, 9.17) is 0 Å². The van der Waals surface area contributed by atoms with Gasteiger partial charge in [-0.15, -0.1) is 0 Å². The third-order valence-electron chi connectivity index (χ3n) is 6.69. The molecular formula is C17H30N2. The monoisotopic (exact) mass is 262 g/mol. The summed E-state index contributed by atoms with van der Waals surface area (Å²) >= 11 is 0. The molecule has 0 radical (unpaired) electrons. The van der Waals surface area contributed by atoms with Crippen LogP contribution in [0.2, 0.25) is 0 Å². The molecule has 0 aromatic carbocycles. The van der Waals surface area contributed by atoms with Gasteiger partial charge in [-0.05, 0) is 94.7 Å². The first-order chi connectivity index (χ1) is 9.29. The minimum Gasteiger partial charge on any atom is -0.317 e. The van der Waals surface area contributed by atoms with Gasteiger partial charge in [-0.25, -0.2) is 0 Å². The topological polar surface area (TPSA) is 15.3 Å². The average molecular weight is 262 g/mol. The van der Waals surface area contributed by atoms with Gasteiger partial charge in [0.1, 0.15) is 0 Å². The highest BCUT2D eigenvalue weighted by molar-refractivity contribution is 5.01. The first-order valence-corrected chi connectivity index (χ1v) is 8.70. The summed E-state index contributed by atoms with van der Waals surface area (Å²) in [5, 5.41) is 3.50. The van der Waals surface area contributed by atoms with Crippen LogP contribution in [0.15, 0.2) is 0 Å². The van der Waals surface area contributed by atoms with Gasteiger partial charge in [0.25, 0.3) is 0 Å². The normalized spacial score (nSPS) is 46.1. The van der Waals surface area contributed by atoms with E-state index >= 15 is 0 Å². The Morgan fingerprint density at radius 2 is 1.47 bits per heavy atom. The molecule has 0 unspecified atom stereocenters. The van der Waals surface area contributed by atoms with Crippen molar-refractivity contribution in [2.24, 2.45) is 29.6 Å². The van der Waals surface area contributed by atoms with Gasteiger partial charge in [0, 0.05) is 12.6 Å². The molecule has 1 N–H and O–H groups in total. The van der Waals surface area contributed by atoms with Crippen LogP contribution in [0.1, 0.15) is 44.9 Å². The van der Waals surface area contributed by atoms with Crippen molar-refractivity contribution in [3.8, 4) is 0 Å². The Morgan fingerprint density at radius 1 is 0.895 bits per heavy atom. The third-order valence-corrected chi connectivity index (χ3v) is 6.69. The van der Waals surface area contributed by atoms with Crippen LogP contribution in [0, 0.1) is 29.6 Å². The molecular weight excluding hydrogens is 232 g/mol. The van der Waals surface area contributed by atoms with E-state index in [0.29, 0.717) is 0 Å². The van der Waals surface area contributed by atoms with Crippen LogP contribution in [0.5, 0.6) is 0 Å². The van der Waals surface area contributed by atoms with Gasteiger partial charge in [-0.1, -0.05) is 0 Å². The lowest BCUT2D eigenvalue weighted by atomic mass is 9.54. The van der Waals surface area contributed by atoms with Crippen LogP contribution >= 0.6 is 0 Å². The highest BCUT2D eigenvalue weighted by Gasteiger charge is 2.49. The molecule has 5 rings (SSSR count). The number of piperidine rings is 1. The first kappa shape index (κ1) is 12.6. The fourth-order valence-electron chi connectivity index (χ4n) is 6.21. The van der Waals surface area contributed by atoms with E-state index in [-0.39, 0.29) is 0 Å². The van der Waals surface area contributed by atoms with Gasteiger partial charge >= 0.3 is 0 Å². The number of hydrogen-bond acceptors (Lipinski definition) is 2. The zero-order valence-electron chi connectivity index (χ0n) is 12.5. The maximum atomic E-state index is 3.50. The number of nitrogens with zero attached hydrogens (tertiary/aromatic N) is 1. The van der Waals surface area contributed by atoms with Crippen LogP contribution in [0.25, 0.3) is 0 Å². The van der Waals surface area contributed by atoms with E-state index in [1.165, 1.54) is 32.5 Å². The second-order valence-electron chi connectivity index (χ2n) is 8.05. The molecule has 4 bridgehead atoms. The molecule has 2 nitrogen and oxygen atoms in total. The maximum Gasteiger partial charge on any atom is 0.0149 e. The van der Waals surface area contributed by atoms with Crippen molar-refractivity contribution in [1.82, 2.24) is 10.2 Å². The summed E-state index contributed by atoms with van der Waals surface area (Å²) < 4.78 is 0. The lowest BCUT2D eigenvalue weighted by Crippen LogP contribution is -2.55. The molecule has 4 saturated carbocycles. The van der Waals surface area contributed by atoms with E-state index in [0.717, 1.165) is 35.6 Å². The molecule has 19 heavy (non-hydrogen) atoms. The van der Waals surface area contributed by atoms with Gasteiger partial charge in [0.2, 0.25) is 0 Å². The third kappa shape index (κ3) is 2.35. The summed E-state index contributed by atoms with van der Waals surface area (Å²) in [6.07, 6.45) is 10.6. The fourth-order valence-corrected chi connectivity index (χ4v) is 6.21. The van der Waals surface area contributed by atoms with Gasteiger partial charge < -0.3 is 10.2 Å². The molecule has 0 spiro atoms. The number of nitrogens with one attached hydrogen (secondary N) is 1. The Labute approximate surface area is 118 Å². The largest absolute Gasteiger partial charge is 0.317 e. The first-order valence-electron chi connectivity index (χ1n) is 8.70. The van der Waals surface area contributed by atoms with Crippen molar-refractivity contribution in [2.45, 2.75) is 51.0 Å². The molecule has 108 valence electrons. The van der Waals surface area contributed by atoms with Crippen LogP contribution in [-0.2, 0) is 0 Å². The van der Waals surface area contributed by atoms with Gasteiger partial charge in [0.15, 0.2) is 0 Å².